The summed E-state index contributed by atoms with van der Waals surface area (Å²) in [5.41, 5.74) is 3.65. The lowest BCUT2D eigenvalue weighted by Gasteiger charge is -2.20. The number of hydrogen-bond acceptors (Lipinski definition) is 4. The van der Waals surface area contributed by atoms with E-state index in [-0.39, 0.29) is 5.82 Å². The smallest absolute Gasteiger partial charge is 0.338 e. The van der Waals surface area contributed by atoms with Crippen LogP contribution in [0.2, 0.25) is 0 Å². The molecule has 128 valence electrons. The molecule has 0 saturated carbocycles. The highest BCUT2D eigenvalue weighted by molar-refractivity contribution is 5.90. The molecular weight excluding hydrogens is 318 g/mol. The number of rotatable bonds is 4. The Labute approximate surface area is 144 Å². The van der Waals surface area contributed by atoms with E-state index in [0.29, 0.717) is 0 Å². The summed E-state index contributed by atoms with van der Waals surface area (Å²) < 4.78 is 1.09. The molecule has 2 aromatic heterocycles. The van der Waals surface area contributed by atoms with E-state index < -0.39 is 17.6 Å². The summed E-state index contributed by atoms with van der Waals surface area (Å²) in [7, 11) is 1.48. The van der Waals surface area contributed by atoms with Gasteiger partial charge < -0.3 is 5.32 Å². The molecule has 0 aliphatic rings. The Morgan fingerprint density at radius 1 is 1.20 bits per heavy atom. The molecule has 2 N–H and O–H groups in total. The van der Waals surface area contributed by atoms with Crippen molar-refractivity contribution in [3.8, 4) is 0 Å². The molecule has 0 spiro atoms. The van der Waals surface area contributed by atoms with Crippen molar-refractivity contribution in [2.75, 3.05) is 0 Å². The number of benzene rings is 1. The molecule has 1 aromatic carbocycles. The van der Waals surface area contributed by atoms with Gasteiger partial charge in [0.2, 0.25) is 5.82 Å². The largest absolute Gasteiger partial charge is 0.343 e. The molecular formula is C18H19N5O2. The summed E-state index contributed by atoms with van der Waals surface area (Å²) in [5, 5.41) is 6.83. The molecule has 2 heterocycles. The number of aryl methyl sites for hydroxylation is 3. The van der Waals surface area contributed by atoms with Crippen molar-refractivity contribution in [3.63, 3.8) is 0 Å². The molecule has 7 nitrogen and oxygen atoms in total. The molecule has 0 aliphatic carbocycles. The second-order valence-corrected chi connectivity index (χ2v) is 5.94. The van der Waals surface area contributed by atoms with Crippen LogP contribution in [0.5, 0.6) is 0 Å². The summed E-state index contributed by atoms with van der Waals surface area (Å²) in [5.74, 6) is -0.477. The molecule has 0 saturated heterocycles. The average molecular weight is 337 g/mol. The third-order valence-corrected chi connectivity index (χ3v) is 4.14. The zero-order valence-corrected chi connectivity index (χ0v) is 14.3. The minimum absolute atomic E-state index is 0.0229. The first-order valence-corrected chi connectivity index (χ1v) is 7.87. The predicted molar refractivity (Wildman–Crippen MR) is 93.3 cm³/mol. The fourth-order valence-corrected chi connectivity index (χ4v) is 2.55. The lowest BCUT2D eigenvalue weighted by Crippen LogP contribution is -2.30. The average Bonchev–Trinajstić information content (AvgIpc) is 2.95. The highest BCUT2D eigenvalue weighted by atomic mass is 16.2. The highest BCUT2D eigenvalue weighted by Crippen LogP contribution is 2.23. The van der Waals surface area contributed by atoms with Gasteiger partial charge in [-0.2, -0.15) is 0 Å². The SMILES string of the molecule is Cc1ccc(C(NC(=O)c2nn(C)c(=O)[nH]2)c2cccnc2)cc1C. The van der Waals surface area contributed by atoms with Gasteiger partial charge in [0, 0.05) is 19.4 Å². The van der Waals surface area contributed by atoms with Crippen molar-refractivity contribution in [2.24, 2.45) is 7.05 Å². The third-order valence-electron chi connectivity index (χ3n) is 4.14. The molecule has 1 atom stereocenters. The number of aromatic nitrogens is 4. The van der Waals surface area contributed by atoms with Crippen LogP contribution in [0.3, 0.4) is 0 Å². The van der Waals surface area contributed by atoms with Gasteiger partial charge in [0.1, 0.15) is 0 Å². The predicted octanol–water partition coefficient (Wildman–Crippen LogP) is 1.64. The van der Waals surface area contributed by atoms with E-state index in [4.69, 9.17) is 0 Å². The van der Waals surface area contributed by atoms with Gasteiger partial charge in [0.25, 0.3) is 5.91 Å². The summed E-state index contributed by atoms with van der Waals surface area (Å²) in [6.07, 6.45) is 3.39. The third kappa shape index (κ3) is 3.50. The van der Waals surface area contributed by atoms with E-state index in [2.05, 4.69) is 20.4 Å². The Morgan fingerprint density at radius 3 is 2.60 bits per heavy atom. The zero-order chi connectivity index (χ0) is 18.0. The van der Waals surface area contributed by atoms with E-state index >= 15 is 0 Å². The highest BCUT2D eigenvalue weighted by Gasteiger charge is 2.21. The number of hydrogen-bond donors (Lipinski definition) is 2. The molecule has 7 heteroatoms. The van der Waals surface area contributed by atoms with Crippen LogP contribution in [0.1, 0.15) is 38.9 Å². The quantitative estimate of drug-likeness (QED) is 0.757. The van der Waals surface area contributed by atoms with Gasteiger partial charge in [-0.05, 0) is 42.2 Å². The molecule has 3 rings (SSSR count). The number of carbonyl (C=O) groups is 1. The van der Waals surface area contributed by atoms with Gasteiger partial charge >= 0.3 is 5.69 Å². The number of nitrogens with zero attached hydrogens (tertiary/aromatic N) is 3. The minimum atomic E-state index is -0.454. The Kier molecular flexibility index (Phi) is 4.47. The van der Waals surface area contributed by atoms with E-state index in [9.17, 15) is 9.59 Å². The Bertz CT molecular complexity index is 959. The first kappa shape index (κ1) is 16.6. The van der Waals surface area contributed by atoms with E-state index in [1.54, 1.807) is 12.4 Å². The molecule has 3 aromatic rings. The molecule has 1 unspecified atom stereocenters. The van der Waals surface area contributed by atoms with Crippen molar-refractivity contribution in [1.29, 1.82) is 0 Å². The van der Waals surface area contributed by atoms with Crippen molar-refractivity contribution in [3.05, 3.63) is 81.3 Å². The molecule has 0 radical (unpaired) electrons. The van der Waals surface area contributed by atoms with E-state index in [1.807, 2.05) is 44.2 Å². The van der Waals surface area contributed by atoms with Crippen LogP contribution in [-0.4, -0.2) is 25.7 Å². The molecule has 25 heavy (non-hydrogen) atoms. The van der Waals surface area contributed by atoms with Crippen LogP contribution in [0.15, 0.2) is 47.5 Å². The monoisotopic (exact) mass is 337 g/mol. The number of nitrogens with one attached hydrogen (secondary N) is 2. The van der Waals surface area contributed by atoms with Gasteiger partial charge in [0.05, 0.1) is 6.04 Å². The maximum absolute atomic E-state index is 12.5. The fourth-order valence-electron chi connectivity index (χ4n) is 2.55. The number of aromatic amines is 1. The second kappa shape index (κ2) is 6.72. The number of pyridine rings is 1. The van der Waals surface area contributed by atoms with Crippen molar-refractivity contribution in [2.45, 2.75) is 19.9 Å². The first-order chi connectivity index (χ1) is 12.0. The normalized spacial score (nSPS) is 12.0. The van der Waals surface area contributed by atoms with Gasteiger partial charge in [-0.1, -0.05) is 24.3 Å². The summed E-state index contributed by atoms with van der Waals surface area (Å²) in [6, 6.07) is 9.34. The Balaban J connectivity index is 1.98. The van der Waals surface area contributed by atoms with Gasteiger partial charge in [-0.15, -0.1) is 5.10 Å². The maximum Gasteiger partial charge on any atom is 0.343 e. The second-order valence-electron chi connectivity index (χ2n) is 5.94. The van der Waals surface area contributed by atoms with Crippen LogP contribution in [0.4, 0.5) is 0 Å². The van der Waals surface area contributed by atoms with Crippen LogP contribution >= 0.6 is 0 Å². The lowest BCUT2D eigenvalue weighted by molar-refractivity contribution is 0.0932. The van der Waals surface area contributed by atoms with Gasteiger partial charge in [-0.25, -0.2) is 9.48 Å². The molecule has 1 amide bonds. The number of amides is 1. The number of carbonyl (C=O) groups excluding carboxylic acids is 1. The summed E-state index contributed by atoms with van der Waals surface area (Å²) >= 11 is 0. The van der Waals surface area contributed by atoms with Crippen LogP contribution in [0.25, 0.3) is 0 Å². The molecule has 0 fully saturated rings. The van der Waals surface area contributed by atoms with Gasteiger partial charge in [-0.3, -0.25) is 14.8 Å². The standard InChI is InChI=1S/C18H19N5O2/c1-11-6-7-13(9-12(11)2)15(14-5-4-8-19-10-14)20-17(24)16-21-18(25)23(3)22-16/h4-10,15H,1-3H3,(H,20,24)(H,21,22,25). The Hall–Kier alpha value is -3.22. The van der Waals surface area contributed by atoms with Crippen LogP contribution in [0, 0.1) is 13.8 Å². The first-order valence-electron chi connectivity index (χ1n) is 7.87. The minimum Gasteiger partial charge on any atom is -0.338 e. The van der Waals surface area contributed by atoms with Crippen molar-refractivity contribution < 1.29 is 4.79 Å². The summed E-state index contributed by atoms with van der Waals surface area (Å²) in [4.78, 5) is 30.6. The van der Waals surface area contributed by atoms with Crippen molar-refractivity contribution in [1.82, 2.24) is 25.1 Å². The topological polar surface area (TPSA) is 92.7 Å². The van der Waals surface area contributed by atoms with Crippen molar-refractivity contribution >= 4 is 5.91 Å². The van der Waals surface area contributed by atoms with Gasteiger partial charge in [0.15, 0.2) is 0 Å². The Morgan fingerprint density at radius 2 is 2.00 bits per heavy atom. The fraction of sp³-hybridized carbons (Fsp3) is 0.222. The van der Waals surface area contributed by atoms with E-state index in [0.717, 1.165) is 21.4 Å². The van der Waals surface area contributed by atoms with E-state index in [1.165, 1.54) is 12.6 Å². The lowest BCUT2D eigenvalue weighted by atomic mass is 9.96. The maximum atomic E-state index is 12.5. The molecule has 0 aliphatic heterocycles. The molecule has 0 bridgehead atoms. The summed E-state index contributed by atoms with van der Waals surface area (Å²) in [6.45, 7) is 4.06. The number of H-pyrrole nitrogens is 1. The van der Waals surface area contributed by atoms with Crippen LogP contribution in [-0.2, 0) is 7.05 Å². The zero-order valence-electron chi connectivity index (χ0n) is 14.3. The van der Waals surface area contributed by atoms with Crippen LogP contribution < -0.4 is 11.0 Å².